The Labute approximate surface area is 274 Å². The van der Waals surface area contributed by atoms with E-state index in [1.807, 2.05) is 0 Å². The lowest BCUT2D eigenvalue weighted by atomic mass is 9.49. The third-order valence-electron chi connectivity index (χ3n) is 12.9. The second-order valence-corrected chi connectivity index (χ2v) is 16.7. The Bertz CT molecular complexity index is 1020. The van der Waals surface area contributed by atoms with Gasteiger partial charge in [0, 0.05) is 65.4 Å². The van der Waals surface area contributed by atoms with E-state index >= 15 is 0 Å². The molecule has 46 heavy (non-hydrogen) atoms. The second kappa shape index (κ2) is 13.5. The molecule has 9 fully saturated rings. The van der Waals surface area contributed by atoms with Crippen LogP contribution in [0.3, 0.4) is 0 Å². The molecule has 12 heteroatoms. The van der Waals surface area contributed by atoms with Crippen molar-refractivity contribution in [3.63, 3.8) is 0 Å². The van der Waals surface area contributed by atoms with E-state index in [0.717, 1.165) is 87.9 Å². The minimum atomic E-state index is -0.327. The lowest BCUT2D eigenvalue weighted by molar-refractivity contribution is -0.0498. The van der Waals surface area contributed by atoms with Crippen LogP contribution < -0.4 is 32.7 Å². The largest absolute Gasteiger partial charge is 0.370 e. The van der Waals surface area contributed by atoms with Crippen molar-refractivity contribution in [2.45, 2.75) is 77.0 Å². The number of carbonyl (C=O) groups excluding carboxylic acids is 2. The predicted molar refractivity (Wildman–Crippen MR) is 180 cm³/mol. The first-order valence-corrected chi connectivity index (χ1v) is 18.4. The number of amides is 4. The Morgan fingerprint density at radius 3 is 1.15 bits per heavy atom. The average Bonchev–Trinajstić information content (AvgIpc) is 2.99. The third-order valence-corrected chi connectivity index (χ3v) is 12.9. The fourth-order valence-corrected chi connectivity index (χ4v) is 11.8. The van der Waals surface area contributed by atoms with Crippen LogP contribution >= 0.6 is 0 Å². The minimum Gasteiger partial charge on any atom is -0.370 e. The molecule has 1 heterocycles. The van der Waals surface area contributed by atoms with E-state index in [9.17, 15) is 9.59 Å². The van der Waals surface area contributed by atoms with Crippen molar-refractivity contribution in [2.75, 3.05) is 65.4 Å². The molecule has 8 aliphatic carbocycles. The zero-order chi connectivity index (χ0) is 31.7. The highest BCUT2D eigenvalue weighted by molar-refractivity contribution is 5.92. The molecule has 1 saturated heterocycles. The van der Waals surface area contributed by atoms with E-state index in [1.54, 1.807) is 0 Å². The highest BCUT2D eigenvalue weighted by Gasteiger charge is 2.52. The molecule has 8 N–H and O–H groups in total. The zero-order valence-electron chi connectivity index (χ0n) is 27.8. The number of nitrogens with two attached hydrogens (primary N) is 2. The summed E-state index contributed by atoms with van der Waals surface area (Å²) in [6, 6.07) is -0.654. The minimum absolute atomic E-state index is 0.188. The van der Waals surface area contributed by atoms with Gasteiger partial charge >= 0.3 is 12.1 Å². The number of carbonyl (C=O) groups is 2. The van der Waals surface area contributed by atoms with Gasteiger partial charge in [0.1, 0.15) is 0 Å². The first-order valence-electron chi connectivity index (χ1n) is 18.4. The molecule has 0 spiro atoms. The molecular formula is C34H58N10O2. The van der Waals surface area contributed by atoms with E-state index in [4.69, 9.17) is 11.5 Å². The van der Waals surface area contributed by atoms with Crippen LogP contribution in [0.1, 0.15) is 77.0 Å². The molecule has 8 bridgehead atoms. The molecular weight excluding hydrogens is 580 g/mol. The van der Waals surface area contributed by atoms with Crippen LogP contribution in [0.15, 0.2) is 9.98 Å². The summed E-state index contributed by atoms with van der Waals surface area (Å²) in [6.45, 7) is 8.30. The predicted octanol–water partition coefficient (Wildman–Crippen LogP) is 2.26. The van der Waals surface area contributed by atoms with Crippen molar-refractivity contribution >= 4 is 24.0 Å². The van der Waals surface area contributed by atoms with Gasteiger partial charge in [-0.25, -0.2) is 9.59 Å². The molecule has 1 aliphatic heterocycles. The van der Waals surface area contributed by atoms with E-state index < -0.39 is 0 Å². The number of nitrogens with one attached hydrogen (secondary N) is 4. The quantitative estimate of drug-likeness (QED) is 0.157. The summed E-state index contributed by atoms with van der Waals surface area (Å²) >= 11 is 0. The van der Waals surface area contributed by atoms with Crippen molar-refractivity contribution in [1.82, 2.24) is 31.1 Å². The van der Waals surface area contributed by atoms with Crippen molar-refractivity contribution in [3.05, 3.63) is 0 Å². The van der Waals surface area contributed by atoms with Crippen molar-refractivity contribution in [1.29, 1.82) is 0 Å². The Morgan fingerprint density at radius 2 is 0.848 bits per heavy atom. The van der Waals surface area contributed by atoms with Crippen LogP contribution in [-0.4, -0.2) is 99.2 Å². The zero-order valence-corrected chi connectivity index (χ0v) is 27.8. The monoisotopic (exact) mass is 638 g/mol. The molecule has 256 valence electrons. The number of piperazine rings is 1. The molecule has 0 atom stereocenters. The maximum absolute atomic E-state index is 12.5. The number of aliphatic imine (C=N–C) groups is 2. The van der Waals surface area contributed by atoms with Gasteiger partial charge in [-0.3, -0.25) is 9.80 Å². The van der Waals surface area contributed by atoms with Crippen LogP contribution in [-0.2, 0) is 0 Å². The summed E-state index contributed by atoms with van der Waals surface area (Å²) in [7, 11) is 0. The Hall–Kier alpha value is -2.60. The SMILES string of the molecule is NC(=NC(=O)NCC12CC3CC(CC(C3)C1)C2)NCCN1CCN(CCNC(N)=NC(=O)NCC23CC4CC(CC(C4)C2)C3)CC1. The standard InChI is InChI=1S/C34H58N10O2/c35-29(41-31(45)39-21-33-15-23-9-24(16-33)11-25(10-23)17-33)37-1-3-43-5-7-44(8-6-43)4-2-38-30(36)42-32(46)40-22-34-18-26-12-27(19-34)14-28(13-26)20-34/h23-28H,1-22H2,(H4,35,37,39,41,45)(H4,36,38,40,42,46). The van der Waals surface area contributed by atoms with Gasteiger partial charge in [0.05, 0.1) is 0 Å². The molecule has 4 amide bonds. The number of nitrogens with zero attached hydrogens (tertiary/aromatic N) is 4. The van der Waals surface area contributed by atoms with Crippen molar-refractivity contribution < 1.29 is 9.59 Å². The molecule has 0 aromatic rings. The van der Waals surface area contributed by atoms with E-state index in [-0.39, 0.29) is 24.0 Å². The maximum Gasteiger partial charge on any atom is 0.344 e. The fraction of sp³-hybridized carbons (Fsp3) is 0.882. The summed E-state index contributed by atoms with van der Waals surface area (Å²) in [4.78, 5) is 37.9. The van der Waals surface area contributed by atoms with E-state index in [2.05, 4.69) is 41.1 Å². The van der Waals surface area contributed by atoms with Crippen LogP contribution in [0.5, 0.6) is 0 Å². The van der Waals surface area contributed by atoms with E-state index in [1.165, 1.54) is 77.0 Å². The summed E-state index contributed by atoms with van der Waals surface area (Å²) in [6.07, 6.45) is 16.0. The summed E-state index contributed by atoms with van der Waals surface area (Å²) in [5.41, 5.74) is 12.7. The lowest BCUT2D eigenvalue weighted by Crippen LogP contribution is -2.51. The molecule has 9 rings (SSSR count). The molecule has 8 saturated carbocycles. The topological polar surface area (TPSA) is 165 Å². The summed E-state index contributed by atoms with van der Waals surface area (Å²) < 4.78 is 0. The number of guanidine groups is 2. The Morgan fingerprint density at radius 1 is 0.543 bits per heavy atom. The maximum atomic E-state index is 12.5. The number of rotatable bonds is 10. The smallest absolute Gasteiger partial charge is 0.344 e. The number of urea groups is 2. The third kappa shape index (κ3) is 7.75. The van der Waals surface area contributed by atoms with Gasteiger partial charge in [-0.05, 0) is 123 Å². The van der Waals surface area contributed by atoms with Gasteiger partial charge < -0.3 is 32.7 Å². The molecule has 9 aliphatic rings. The number of hydrogen-bond acceptors (Lipinski definition) is 4. The summed E-state index contributed by atoms with van der Waals surface area (Å²) in [5.74, 6) is 5.60. The van der Waals surface area contributed by atoms with Crippen molar-refractivity contribution in [3.8, 4) is 0 Å². The van der Waals surface area contributed by atoms with Gasteiger partial charge in [-0.1, -0.05) is 0 Å². The van der Waals surface area contributed by atoms with Gasteiger partial charge in [-0.2, -0.15) is 9.98 Å². The highest BCUT2D eigenvalue weighted by Crippen LogP contribution is 2.60. The van der Waals surface area contributed by atoms with Gasteiger partial charge in [0.25, 0.3) is 0 Å². The molecule has 0 unspecified atom stereocenters. The first-order chi connectivity index (χ1) is 22.2. The van der Waals surface area contributed by atoms with Crippen LogP contribution in [0.25, 0.3) is 0 Å². The van der Waals surface area contributed by atoms with E-state index in [0.29, 0.717) is 23.9 Å². The normalized spacial score (nSPS) is 38.6. The van der Waals surface area contributed by atoms with Gasteiger partial charge in [0.15, 0.2) is 11.9 Å². The van der Waals surface area contributed by atoms with Crippen LogP contribution in [0.2, 0.25) is 0 Å². The Kier molecular flexibility index (Phi) is 9.38. The van der Waals surface area contributed by atoms with Crippen LogP contribution in [0.4, 0.5) is 9.59 Å². The molecule has 0 aromatic heterocycles. The average molecular weight is 639 g/mol. The molecule has 12 nitrogen and oxygen atoms in total. The molecule has 0 radical (unpaired) electrons. The Balaban J connectivity index is 0.730. The van der Waals surface area contributed by atoms with Gasteiger partial charge in [0.2, 0.25) is 0 Å². The first kappa shape index (κ1) is 32.0. The fourth-order valence-electron chi connectivity index (χ4n) is 11.8. The highest BCUT2D eigenvalue weighted by atomic mass is 16.2. The molecule has 0 aromatic carbocycles. The number of hydrogen-bond donors (Lipinski definition) is 6. The van der Waals surface area contributed by atoms with Gasteiger partial charge in [-0.15, -0.1) is 0 Å². The second-order valence-electron chi connectivity index (χ2n) is 16.7. The van der Waals surface area contributed by atoms with Crippen molar-refractivity contribution in [2.24, 2.45) is 67.8 Å². The van der Waals surface area contributed by atoms with Crippen LogP contribution in [0, 0.1) is 46.3 Å². The lowest BCUT2D eigenvalue weighted by Gasteiger charge is -2.56. The summed E-state index contributed by atoms with van der Waals surface area (Å²) in [5, 5.41) is 12.4.